The summed E-state index contributed by atoms with van der Waals surface area (Å²) in [6, 6.07) is 16.0. The highest BCUT2D eigenvalue weighted by Crippen LogP contribution is 2.42. The molecule has 1 amide bonds. The second-order valence-corrected chi connectivity index (χ2v) is 9.17. The van der Waals surface area contributed by atoms with Crippen LogP contribution in [-0.4, -0.2) is 33.6 Å². The van der Waals surface area contributed by atoms with Crippen molar-refractivity contribution < 1.29 is 37.3 Å². The lowest BCUT2D eigenvalue weighted by Crippen LogP contribution is -2.20. The molecular weight excluding hydrogens is 551 g/mol. The standard InChI is InChI=1S/C28H19ClF3N3O5/c29-20-13-19-18(27(37)38)9-11-39-22(19)14-23(20)40-17-6-4-15(5-7-17)26(36)35-25-3-1-2-21(34-25)16-8-10-33-24(12-16)28(30,31)32/h1-8,10,12-14,18H,9,11H2,(H,37,38)(H,34,35,36). The fourth-order valence-electron chi connectivity index (χ4n) is 4.12. The van der Waals surface area contributed by atoms with Gasteiger partial charge in [0, 0.05) is 29.0 Å². The molecule has 0 aliphatic carbocycles. The molecule has 2 aromatic heterocycles. The number of aromatic nitrogens is 2. The molecule has 1 atom stereocenters. The average molecular weight is 570 g/mol. The van der Waals surface area contributed by atoms with Crippen LogP contribution in [0.1, 0.15) is 34.0 Å². The van der Waals surface area contributed by atoms with Crippen molar-refractivity contribution in [1.82, 2.24) is 9.97 Å². The maximum atomic E-state index is 13.0. The molecule has 12 heteroatoms. The van der Waals surface area contributed by atoms with Crippen molar-refractivity contribution in [1.29, 1.82) is 0 Å². The van der Waals surface area contributed by atoms with Gasteiger partial charge in [0.2, 0.25) is 0 Å². The van der Waals surface area contributed by atoms with Gasteiger partial charge in [-0.2, -0.15) is 13.2 Å². The van der Waals surface area contributed by atoms with Gasteiger partial charge in [-0.05, 0) is 61.0 Å². The number of benzene rings is 2. The third-order valence-electron chi connectivity index (χ3n) is 6.08. The van der Waals surface area contributed by atoms with Crippen LogP contribution < -0.4 is 14.8 Å². The van der Waals surface area contributed by atoms with Crippen LogP contribution in [0.25, 0.3) is 11.3 Å². The number of halogens is 4. The first-order chi connectivity index (χ1) is 19.1. The molecule has 4 aromatic rings. The van der Waals surface area contributed by atoms with Crippen molar-refractivity contribution in [2.75, 3.05) is 11.9 Å². The molecule has 40 heavy (non-hydrogen) atoms. The minimum Gasteiger partial charge on any atom is -0.493 e. The number of nitrogens with zero attached hydrogens (tertiary/aromatic N) is 2. The lowest BCUT2D eigenvalue weighted by molar-refractivity contribution is -0.141. The van der Waals surface area contributed by atoms with E-state index in [0.29, 0.717) is 23.5 Å². The van der Waals surface area contributed by atoms with Gasteiger partial charge in [-0.1, -0.05) is 17.7 Å². The molecule has 1 aliphatic heterocycles. The number of fused-ring (bicyclic) bond motifs is 1. The fourth-order valence-corrected chi connectivity index (χ4v) is 4.33. The van der Waals surface area contributed by atoms with Crippen molar-refractivity contribution in [3.63, 3.8) is 0 Å². The van der Waals surface area contributed by atoms with Gasteiger partial charge in [0.15, 0.2) is 0 Å². The Kier molecular flexibility index (Phi) is 7.31. The van der Waals surface area contributed by atoms with Gasteiger partial charge in [0.1, 0.15) is 28.8 Å². The Labute approximate surface area is 230 Å². The highest BCUT2D eigenvalue weighted by molar-refractivity contribution is 6.32. The lowest BCUT2D eigenvalue weighted by Gasteiger charge is -2.24. The summed E-state index contributed by atoms with van der Waals surface area (Å²) in [5.41, 5.74) is 0.134. The van der Waals surface area contributed by atoms with E-state index in [1.54, 1.807) is 18.2 Å². The van der Waals surface area contributed by atoms with Gasteiger partial charge in [0.25, 0.3) is 5.91 Å². The quantitative estimate of drug-likeness (QED) is 0.262. The minimum atomic E-state index is -4.60. The predicted molar refractivity (Wildman–Crippen MR) is 139 cm³/mol. The summed E-state index contributed by atoms with van der Waals surface area (Å²) < 4.78 is 50.5. The second-order valence-electron chi connectivity index (χ2n) is 8.76. The molecule has 2 N–H and O–H groups in total. The number of rotatable bonds is 6. The third-order valence-corrected chi connectivity index (χ3v) is 6.38. The van der Waals surface area contributed by atoms with Gasteiger partial charge in [-0.3, -0.25) is 14.6 Å². The van der Waals surface area contributed by atoms with Crippen LogP contribution in [0.4, 0.5) is 19.0 Å². The van der Waals surface area contributed by atoms with Crippen LogP contribution in [-0.2, 0) is 11.0 Å². The molecule has 5 rings (SSSR count). The van der Waals surface area contributed by atoms with Gasteiger partial charge < -0.3 is 19.9 Å². The monoisotopic (exact) mass is 569 g/mol. The molecule has 1 aliphatic rings. The number of carbonyl (C=O) groups excluding carboxylic acids is 1. The molecule has 0 fully saturated rings. The maximum Gasteiger partial charge on any atom is 0.433 e. The number of carboxylic acids is 1. The number of nitrogens with one attached hydrogen (secondary N) is 1. The van der Waals surface area contributed by atoms with E-state index in [2.05, 4.69) is 15.3 Å². The van der Waals surface area contributed by atoms with E-state index < -0.39 is 29.7 Å². The predicted octanol–water partition coefficient (Wildman–Crippen LogP) is 6.81. The van der Waals surface area contributed by atoms with E-state index >= 15 is 0 Å². The van der Waals surface area contributed by atoms with Crippen LogP contribution >= 0.6 is 11.6 Å². The molecule has 0 saturated carbocycles. The molecule has 204 valence electrons. The summed E-state index contributed by atoms with van der Waals surface area (Å²) in [6.45, 7) is 0.254. The number of carbonyl (C=O) groups is 2. The van der Waals surface area contributed by atoms with Crippen molar-refractivity contribution in [2.24, 2.45) is 0 Å². The Morgan fingerprint density at radius 2 is 1.85 bits per heavy atom. The molecule has 2 aromatic carbocycles. The Balaban J connectivity index is 1.28. The van der Waals surface area contributed by atoms with E-state index in [0.717, 1.165) is 12.3 Å². The Morgan fingerprint density at radius 1 is 1.07 bits per heavy atom. The number of hydrogen-bond acceptors (Lipinski definition) is 6. The SMILES string of the molecule is O=C(Nc1cccc(-c2ccnc(C(F)(F)F)c2)n1)c1ccc(Oc2cc3c(cc2Cl)C(C(=O)O)CCO3)cc1. The molecule has 3 heterocycles. The highest BCUT2D eigenvalue weighted by Gasteiger charge is 2.32. The fraction of sp³-hybridized carbons (Fsp3) is 0.143. The van der Waals surface area contributed by atoms with Gasteiger partial charge in [0.05, 0.1) is 23.2 Å². The largest absolute Gasteiger partial charge is 0.493 e. The zero-order chi connectivity index (χ0) is 28.4. The number of anilines is 1. The van der Waals surface area contributed by atoms with Crippen molar-refractivity contribution in [2.45, 2.75) is 18.5 Å². The van der Waals surface area contributed by atoms with Crippen LogP contribution in [0.2, 0.25) is 5.02 Å². The Hall–Kier alpha value is -4.64. The first kappa shape index (κ1) is 26.9. The smallest absolute Gasteiger partial charge is 0.433 e. The van der Waals surface area contributed by atoms with Gasteiger partial charge in [-0.25, -0.2) is 4.98 Å². The summed E-state index contributed by atoms with van der Waals surface area (Å²) >= 11 is 6.34. The molecule has 0 spiro atoms. The van der Waals surface area contributed by atoms with Gasteiger partial charge in [-0.15, -0.1) is 0 Å². The highest BCUT2D eigenvalue weighted by atomic mass is 35.5. The second kappa shape index (κ2) is 10.9. The van der Waals surface area contributed by atoms with Crippen molar-refractivity contribution in [3.8, 4) is 28.5 Å². The molecule has 0 bridgehead atoms. The summed E-state index contributed by atoms with van der Waals surface area (Å²) in [4.78, 5) is 31.9. The normalized spacial score (nSPS) is 14.6. The summed E-state index contributed by atoms with van der Waals surface area (Å²) in [6.07, 6.45) is -3.21. The summed E-state index contributed by atoms with van der Waals surface area (Å²) in [5, 5.41) is 12.3. The molecule has 1 unspecified atom stereocenters. The third kappa shape index (κ3) is 5.84. The number of alkyl halides is 3. The Morgan fingerprint density at radius 3 is 2.58 bits per heavy atom. The number of carboxylic acid groups (broad SMARTS) is 1. The van der Waals surface area contributed by atoms with Crippen LogP contribution in [0, 0.1) is 0 Å². The summed E-state index contributed by atoms with van der Waals surface area (Å²) in [7, 11) is 0. The minimum absolute atomic E-state index is 0.147. The number of amides is 1. The van der Waals surface area contributed by atoms with E-state index in [1.165, 1.54) is 42.5 Å². The van der Waals surface area contributed by atoms with Crippen LogP contribution in [0.5, 0.6) is 17.2 Å². The van der Waals surface area contributed by atoms with Crippen molar-refractivity contribution >= 4 is 29.3 Å². The van der Waals surface area contributed by atoms with Gasteiger partial charge >= 0.3 is 12.1 Å². The molecular formula is C28H19ClF3N3O5. The molecule has 0 radical (unpaired) electrons. The van der Waals surface area contributed by atoms with E-state index in [4.69, 9.17) is 21.1 Å². The number of hydrogen-bond donors (Lipinski definition) is 2. The molecule has 0 saturated heterocycles. The van der Waals surface area contributed by atoms with E-state index in [-0.39, 0.29) is 40.0 Å². The topological polar surface area (TPSA) is 111 Å². The van der Waals surface area contributed by atoms with Crippen LogP contribution in [0.3, 0.4) is 0 Å². The van der Waals surface area contributed by atoms with Crippen LogP contribution in [0.15, 0.2) is 72.9 Å². The Bertz CT molecular complexity index is 1600. The number of ether oxygens (including phenoxy) is 2. The summed E-state index contributed by atoms with van der Waals surface area (Å²) in [5.74, 6) is -1.03. The zero-order valence-corrected chi connectivity index (χ0v) is 21.2. The number of pyridine rings is 2. The maximum absolute atomic E-state index is 13.0. The first-order valence-electron chi connectivity index (χ1n) is 11.9. The first-order valence-corrected chi connectivity index (χ1v) is 12.3. The number of aliphatic carboxylic acids is 1. The zero-order valence-electron chi connectivity index (χ0n) is 20.4. The van der Waals surface area contributed by atoms with E-state index in [1.807, 2.05) is 0 Å². The lowest BCUT2D eigenvalue weighted by atomic mass is 9.93. The average Bonchev–Trinajstić information content (AvgIpc) is 2.93. The molecule has 8 nitrogen and oxygen atoms in total. The van der Waals surface area contributed by atoms with E-state index in [9.17, 15) is 27.9 Å². The van der Waals surface area contributed by atoms with Crippen molar-refractivity contribution in [3.05, 3.63) is 94.8 Å².